The Morgan fingerprint density at radius 2 is 1.94 bits per heavy atom. The van der Waals surface area contributed by atoms with Crippen LogP contribution in [-0.4, -0.2) is 56.0 Å². The molecule has 1 amide bonds. The molecule has 11 heteroatoms. The van der Waals surface area contributed by atoms with Gasteiger partial charge in [-0.25, -0.2) is 22.2 Å². The van der Waals surface area contributed by atoms with Crippen LogP contribution in [0.2, 0.25) is 0 Å². The van der Waals surface area contributed by atoms with Crippen LogP contribution in [0.5, 0.6) is 0 Å². The summed E-state index contributed by atoms with van der Waals surface area (Å²) in [7, 11) is -3.99. The van der Waals surface area contributed by atoms with Crippen LogP contribution < -0.4 is 4.90 Å². The van der Waals surface area contributed by atoms with Crippen LogP contribution in [-0.2, 0) is 19.6 Å². The summed E-state index contributed by atoms with van der Waals surface area (Å²) in [6.45, 7) is 3.30. The molecule has 3 aromatic rings. The quantitative estimate of drug-likeness (QED) is 0.465. The van der Waals surface area contributed by atoms with Gasteiger partial charge in [0.25, 0.3) is 0 Å². The number of rotatable bonds is 6. The van der Waals surface area contributed by atoms with Crippen molar-refractivity contribution in [3.05, 3.63) is 53.6 Å². The number of hydrogen-bond acceptors (Lipinski definition) is 6. The van der Waals surface area contributed by atoms with Gasteiger partial charge in [0, 0.05) is 25.6 Å². The highest BCUT2D eigenvalue weighted by Crippen LogP contribution is 2.34. The number of carbonyl (C=O) groups excluding carboxylic acids is 1. The highest BCUT2D eigenvalue weighted by molar-refractivity contribution is 7.89. The van der Waals surface area contributed by atoms with E-state index in [0.717, 1.165) is 40.8 Å². The molecule has 2 aliphatic rings. The number of thiazole rings is 1. The molecular weight excluding hydrogens is 508 g/mol. The third-order valence-corrected chi connectivity index (χ3v) is 9.79. The highest BCUT2D eigenvalue weighted by Gasteiger charge is 2.36. The van der Waals surface area contributed by atoms with Gasteiger partial charge in [-0.2, -0.15) is 4.31 Å². The minimum absolute atomic E-state index is 0.0594. The number of carbonyl (C=O) groups is 1. The number of piperidine rings is 1. The molecule has 2 aromatic carbocycles. The highest BCUT2D eigenvalue weighted by atomic mass is 32.2. The van der Waals surface area contributed by atoms with Crippen molar-refractivity contribution < 1.29 is 26.7 Å². The fourth-order valence-electron chi connectivity index (χ4n) is 4.79. The first-order chi connectivity index (χ1) is 17.2. The first kappa shape index (κ1) is 25.2. The van der Waals surface area contributed by atoms with Crippen LogP contribution in [0.3, 0.4) is 0 Å². The lowest BCUT2D eigenvalue weighted by molar-refractivity contribution is -0.123. The molecule has 3 heterocycles. The predicted octanol–water partition coefficient (Wildman–Crippen LogP) is 4.50. The van der Waals surface area contributed by atoms with Crippen molar-refractivity contribution in [3.63, 3.8) is 0 Å². The number of sulfonamides is 1. The molecule has 0 N–H and O–H groups in total. The zero-order valence-electron chi connectivity index (χ0n) is 19.8. The van der Waals surface area contributed by atoms with Gasteiger partial charge in [0.1, 0.15) is 0 Å². The van der Waals surface area contributed by atoms with Crippen molar-refractivity contribution >= 4 is 42.6 Å². The minimum atomic E-state index is -3.99. The number of ether oxygens (including phenoxy) is 1. The Kier molecular flexibility index (Phi) is 7.08. The van der Waals surface area contributed by atoms with E-state index in [4.69, 9.17) is 9.72 Å². The first-order valence-electron chi connectivity index (χ1n) is 12.0. The fraction of sp³-hybridized carbons (Fsp3) is 0.440. The summed E-state index contributed by atoms with van der Waals surface area (Å²) >= 11 is 1.47. The van der Waals surface area contributed by atoms with E-state index < -0.39 is 21.7 Å². The summed E-state index contributed by atoms with van der Waals surface area (Å²) in [4.78, 5) is 19.9. The molecule has 0 aliphatic carbocycles. The summed E-state index contributed by atoms with van der Waals surface area (Å²) in [6, 6.07) is 8.50. The van der Waals surface area contributed by atoms with E-state index in [0.29, 0.717) is 37.2 Å². The maximum Gasteiger partial charge on any atom is 0.243 e. The average molecular weight is 536 g/mol. The summed E-state index contributed by atoms with van der Waals surface area (Å²) in [5.74, 6) is -2.78. The number of para-hydroxylation sites is 1. The number of anilines is 1. The van der Waals surface area contributed by atoms with Crippen molar-refractivity contribution in [3.8, 4) is 0 Å². The Morgan fingerprint density at radius 3 is 2.61 bits per heavy atom. The number of nitrogens with zero attached hydrogens (tertiary/aromatic N) is 3. The van der Waals surface area contributed by atoms with Crippen LogP contribution in [0.25, 0.3) is 10.2 Å². The third kappa shape index (κ3) is 4.89. The zero-order chi connectivity index (χ0) is 25.4. The van der Waals surface area contributed by atoms with E-state index >= 15 is 0 Å². The third-order valence-electron chi connectivity index (χ3n) is 6.85. The maximum absolute atomic E-state index is 13.7. The molecular formula is C25H27F2N3O4S2. The van der Waals surface area contributed by atoms with Gasteiger partial charge in [0.05, 0.1) is 27.8 Å². The minimum Gasteiger partial charge on any atom is -0.376 e. The van der Waals surface area contributed by atoms with Crippen molar-refractivity contribution in [2.24, 2.45) is 5.92 Å². The van der Waals surface area contributed by atoms with Crippen LogP contribution >= 0.6 is 11.3 Å². The molecule has 2 saturated heterocycles. The molecule has 1 atom stereocenters. The summed E-state index contributed by atoms with van der Waals surface area (Å²) < 4.78 is 60.9. The zero-order valence-corrected chi connectivity index (χ0v) is 21.5. The number of benzene rings is 2. The Balaban J connectivity index is 1.34. The van der Waals surface area contributed by atoms with Gasteiger partial charge >= 0.3 is 0 Å². The van der Waals surface area contributed by atoms with E-state index in [-0.39, 0.29) is 35.9 Å². The van der Waals surface area contributed by atoms with Crippen molar-refractivity contribution in [1.29, 1.82) is 0 Å². The lowest BCUT2D eigenvalue weighted by Gasteiger charge is -2.33. The predicted molar refractivity (Wildman–Crippen MR) is 134 cm³/mol. The van der Waals surface area contributed by atoms with Crippen LogP contribution in [0.4, 0.5) is 13.9 Å². The van der Waals surface area contributed by atoms with Crippen molar-refractivity contribution in [2.45, 2.75) is 43.6 Å². The van der Waals surface area contributed by atoms with E-state index in [9.17, 15) is 22.0 Å². The Morgan fingerprint density at radius 1 is 1.17 bits per heavy atom. The molecule has 192 valence electrons. The first-order valence-corrected chi connectivity index (χ1v) is 14.2. The second-order valence-electron chi connectivity index (χ2n) is 9.26. The SMILES string of the molecule is Cc1cccc2sc(N(CC3CCCO3)C(=O)C3CCN(S(=O)(=O)c4ccc(F)c(F)c4)CC3)nc12. The molecule has 2 aliphatic heterocycles. The van der Waals surface area contributed by atoms with Crippen LogP contribution in [0, 0.1) is 24.5 Å². The van der Waals surface area contributed by atoms with Gasteiger partial charge in [0.2, 0.25) is 15.9 Å². The normalized spacial score (nSPS) is 19.7. The Bertz CT molecular complexity index is 1380. The molecule has 5 rings (SSSR count). The van der Waals surface area contributed by atoms with E-state index in [1.54, 1.807) is 4.90 Å². The number of fused-ring (bicyclic) bond motifs is 1. The van der Waals surface area contributed by atoms with Gasteiger partial charge in [-0.1, -0.05) is 23.5 Å². The lowest BCUT2D eigenvalue weighted by atomic mass is 9.96. The van der Waals surface area contributed by atoms with E-state index in [2.05, 4.69) is 0 Å². The topological polar surface area (TPSA) is 79.8 Å². The second kappa shape index (κ2) is 10.1. The standard InChI is InChI=1S/C25H27F2N3O4S2/c1-16-4-2-6-22-23(16)28-25(35-22)30(15-18-5-3-13-34-18)24(31)17-9-11-29(12-10-17)36(32,33)19-7-8-20(26)21(27)14-19/h2,4,6-8,14,17-18H,3,5,9-13,15H2,1H3. The van der Waals surface area contributed by atoms with Gasteiger partial charge in [0.15, 0.2) is 16.8 Å². The van der Waals surface area contributed by atoms with Gasteiger partial charge in [-0.05, 0) is 62.4 Å². The van der Waals surface area contributed by atoms with E-state index in [1.807, 2.05) is 25.1 Å². The Labute approximate surface area is 212 Å². The van der Waals surface area contributed by atoms with Crippen molar-refractivity contribution in [1.82, 2.24) is 9.29 Å². The fourth-order valence-corrected chi connectivity index (χ4v) is 7.33. The molecule has 0 spiro atoms. The van der Waals surface area contributed by atoms with Gasteiger partial charge in [-0.3, -0.25) is 9.69 Å². The van der Waals surface area contributed by atoms with Crippen LogP contribution in [0.1, 0.15) is 31.2 Å². The molecule has 0 saturated carbocycles. The maximum atomic E-state index is 13.7. The Hall–Kier alpha value is -2.47. The molecule has 2 fully saturated rings. The molecule has 7 nitrogen and oxygen atoms in total. The molecule has 1 aromatic heterocycles. The number of amides is 1. The number of aromatic nitrogens is 1. The number of aryl methyl sites for hydroxylation is 1. The van der Waals surface area contributed by atoms with E-state index in [1.165, 1.54) is 15.6 Å². The number of hydrogen-bond donors (Lipinski definition) is 0. The summed E-state index contributed by atoms with van der Waals surface area (Å²) in [5, 5.41) is 0.622. The molecule has 0 bridgehead atoms. The molecule has 36 heavy (non-hydrogen) atoms. The molecule has 0 radical (unpaired) electrons. The second-order valence-corrected chi connectivity index (χ2v) is 12.2. The monoisotopic (exact) mass is 535 g/mol. The molecule has 1 unspecified atom stereocenters. The lowest BCUT2D eigenvalue weighted by Crippen LogP contribution is -2.46. The van der Waals surface area contributed by atoms with Crippen molar-refractivity contribution in [2.75, 3.05) is 31.1 Å². The van der Waals surface area contributed by atoms with Gasteiger partial charge in [-0.15, -0.1) is 0 Å². The van der Waals surface area contributed by atoms with Crippen LogP contribution in [0.15, 0.2) is 41.3 Å². The van der Waals surface area contributed by atoms with Gasteiger partial charge < -0.3 is 4.74 Å². The summed E-state index contributed by atoms with van der Waals surface area (Å²) in [5.41, 5.74) is 1.91. The average Bonchev–Trinajstić information content (AvgIpc) is 3.54. The summed E-state index contributed by atoms with van der Waals surface area (Å²) in [6.07, 6.45) is 2.42. The smallest absolute Gasteiger partial charge is 0.243 e. The number of halogens is 2. The largest absolute Gasteiger partial charge is 0.376 e.